The second-order valence-corrected chi connectivity index (χ2v) is 10.7. The van der Waals surface area contributed by atoms with Crippen LogP contribution in [0.3, 0.4) is 0 Å². The van der Waals surface area contributed by atoms with Gasteiger partial charge < -0.3 is 9.73 Å². The molecular weight excluding hydrogens is 438 g/mol. The fraction of sp³-hybridized carbons (Fsp3) is 0.280. The largest absolute Gasteiger partial charge is 0.456 e. The number of nitrogens with one attached hydrogen (secondary N) is 1. The second kappa shape index (κ2) is 8.19. The minimum atomic E-state index is -3.43. The van der Waals surface area contributed by atoms with E-state index >= 15 is 0 Å². The molecule has 1 fully saturated rings. The van der Waals surface area contributed by atoms with Crippen molar-refractivity contribution in [2.24, 2.45) is 0 Å². The van der Waals surface area contributed by atoms with Crippen LogP contribution >= 0.6 is 0 Å². The van der Waals surface area contributed by atoms with Crippen LogP contribution in [0.1, 0.15) is 41.0 Å². The number of carbonyl (C=O) groups excluding carboxylic acids is 1. The summed E-state index contributed by atoms with van der Waals surface area (Å²) in [6, 6.07) is 16.8. The Hall–Kier alpha value is -3.39. The molecule has 0 saturated heterocycles. The van der Waals surface area contributed by atoms with Crippen LogP contribution in [0.2, 0.25) is 0 Å². The van der Waals surface area contributed by atoms with Gasteiger partial charge in [-0.05, 0) is 50.5 Å². The highest BCUT2D eigenvalue weighted by Gasteiger charge is 2.22. The van der Waals surface area contributed by atoms with Gasteiger partial charge in [0.2, 0.25) is 0 Å². The maximum atomic E-state index is 12.5. The fourth-order valence-corrected chi connectivity index (χ4v) is 4.72. The number of carbonyl (C=O) groups is 1. The Morgan fingerprint density at radius 2 is 1.91 bits per heavy atom. The van der Waals surface area contributed by atoms with Gasteiger partial charge >= 0.3 is 0 Å². The van der Waals surface area contributed by atoms with Gasteiger partial charge in [0.15, 0.2) is 9.84 Å². The molecule has 7 nitrogen and oxygen atoms in total. The number of furan rings is 1. The molecule has 4 aromatic rings. The van der Waals surface area contributed by atoms with E-state index < -0.39 is 9.84 Å². The molecule has 0 aliphatic heterocycles. The summed E-state index contributed by atoms with van der Waals surface area (Å²) in [5, 5.41) is 8.21. The van der Waals surface area contributed by atoms with E-state index in [1.54, 1.807) is 22.9 Å². The molecule has 2 heterocycles. The molecule has 8 heteroatoms. The van der Waals surface area contributed by atoms with Crippen LogP contribution < -0.4 is 5.32 Å². The summed E-state index contributed by atoms with van der Waals surface area (Å²) in [5.74, 6) is 0.483. The van der Waals surface area contributed by atoms with E-state index in [0.717, 1.165) is 30.5 Å². The predicted octanol–water partition coefficient (Wildman–Crippen LogP) is 4.34. The molecule has 170 valence electrons. The van der Waals surface area contributed by atoms with Gasteiger partial charge in [-0.2, -0.15) is 5.10 Å². The van der Waals surface area contributed by atoms with E-state index in [0.29, 0.717) is 28.0 Å². The lowest BCUT2D eigenvalue weighted by Gasteiger charge is -2.25. The molecule has 1 aliphatic carbocycles. The summed E-state index contributed by atoms with van der Waals surface area (Å²) in [6.07, 6.45) is 4.34. The summed E-state index contributed by atoms with van der Waals surface area (Å²) >= 11 is 0. The van der Waals surface area contributed by atoms with Gasteiger partial charge in [0, 0.05) is 34.5 Å². The van der Waals surface area contributed by atoms with Crippen molar-refractivity contribution in [3.8, 4) is 11.3 Å². The number of aryl methyl sites for hydroxylation is 1. The van der Waals surface area contributed by atoms with Crippen LogP contribution in [0.5, 0.6) is 0 Å². The Labute approximate surface area is 192 Å². The van der Waals surface area contributed by atoms with Crippen molar-refractivity contribution in [2.45, 2.75) is 43.7 Å². The first-order chi connectivity index (χ1) is 15.8. The van der Waals surface area contributed by atoms with Crippen LogP contribution in [-0.2, 0) is 16.4 Å². The first-order valence-corrected chi connectivity index (χ1v) is 12.8. The monoisotopic (exact) mass is 463 g/mol. The Morgan fingerprint density at radius 1 is 1.15 bits per heavy atom. The lowest BCUT2D eigenvalue weighted by atomic mass is 9.93. The zero-order valence-electron chi connectivity index (χ0n) is 18.5. The van der Waals surface area contributed by atoms with Crippen molar-refractivity contribution in [2.75, 3.05) is 6.26 Å². The van der Waals surface area contributed by atoms with Gasteiger partial charge in [-0.25, -0.2) is 8.42 Å². The molecule has 0 unspecified atom stereocenters. The van der Waals surface area contributed by atoms with Crippen molar-refractivity contribution in [3.63, 3.8) is 0 Å². The number of hydrogen-bond acceptors (Lipinski definition) is 5. The smallest absolute Gasteiger partial charge is 0.272 e. The summed E-state index contributed by atoms with van der Waals surface area (Å²) in [6.45, 7) is 2.16. The van der Waals surface area contributed by atoms with Crippen LogP contribution in [0.4, 0.5) is 0 Å². The molecule has 2 aromatic heterocycles. The Kier molecular flexibility index (Phi) is 5.32. The molecule has 1 saturated carbocycles. The van der Waals surface area contributed by atoms with Crippen molar-refractivity contribution < 1.29 is 17.6 Å². The number of sulfone groups is 1. The predicted molar refractivity (Wildman–Crippen MR) is 126 cm³/mol. The van der Waals surface area contributed by atoms with Crippen molar-refractivity contribution in [3.05, 3.63) is 71.5 Å². The standard InChI is InChI=1S/C25H25N3O4S/c1-16-11-22(25(29)26-20-9-6-10-20)27-28(16)15-19-13-21(33(2,30)31)12-18-14-23(32-24(18)19)17-7-4-3-5-8-17/h3-5,7-8,11-14,20H,6,9-10,15H2,1-2H3,(H,26,29). The minimum absolute atomic E-state index is 0.180. The first kappa shape index (κ1) is 21.5. The Bertz CT molecular complexity index is 1450. The van der Waals surface area contributed by atoms with E-state index in [1.165, 1.54) is 6.26 Å². The molecule has 0 spiro atoms. The van der Waals surface area contributed by atoms with Gasteiger partial charge in [0.05, 0.1) is 11.4 Å². The van der Waals surface area contributed by atoms with Gasteiger partial charge in [-0.15, -0.1) is 0 Å². The SMILES string of the molecule is Cc1cc(C(=O)NC2CCC2)nn1Cc1cc(S(C)(=O)=O)cc2cc(-c3ccccc3)oc12. The number of fused-ring (bicyclic) bond motifs is 1. The Balaban J connectivity index is 1.54. The maximum Gasteiger partial charge on any atom is 0.272 e. The summed E-state index contributed by atoms with van der Waals surface area (Å²) < 4.78 is 32.6. The highest BCUT2D eigenvalue weighted by atomic mass is 32.2. The third kappa shape index (κ3) is 4.30. The number of amides is 1. The molecule has 0 radical (unpaired) electrons. The highest BCUT2D eigenvalue weighted by Crippen LogP contribution is 2.32. The third-order valence-electron chi connectivity index (χ3n) is 6.13. The van der Waals surface area contributed by atoms with Gasteiger partial charge in [-0.3, -0.25) is 9.48 Å². The van der Waals surface area contributed by atoms with Gasteiger partial charge in [-0.1, -0.05) is 30.3 Å². The van der Waals surface area contributed by atoms with Gasteiger partial charge in [0.25, 0.3) is 5.91 Å². The quantitative estimate of drug-likeness (QED) is 0.459. The zero-order chi connectivity index (χ0) is 23.2. The number of nitrogens with zero attached hydrogens (tertiary/aromatic N) is 2. The molecule has 0 bridgehead atoms. The lowest BCUT2D eigenvalue weighted by Crippen LogP contribution is -2.39. The zero-order valence-corrected chi connectivity index (χ0v) is 19.4. The van der Waals surface area contributed by atoms with Crippen LogP contribution in [-0.4, -0.2) is 36.4 Å². The first-order valence-electron chi connectivity index (χ1n) is 11.0. The van der Waals surface area contributed by atoms with Gasteiger partial charge in [0.1, 0.15) is 17.0 Å². The molecule has 1 amide bonds. The Morgan fingerprint density at radius 3 is 2.58 bits per heavy atom. The third-order valence-corrected chi connectivity index (χ3v) is 7.22. The number of benzene rings is 2. The van der Waals surface area contributed by atoms with E-state index in [1.807, 2.05) is 43.3 Å². The molecule has 33 heavy (non-hydrogen) atoms. The van der Waals surface area contributed by atoms with E-state index in [9.17, 15) is 13.2 Å². The van der Waals surface area contributed by atoms with E-state index in [2.05, 4.69) is 10.4 Å². The summed E-state index contributed by atoms with van der Waals surface area (Å²) in [4.78, 5) is 12.8. The van der Waals surface area contributed by atoms with Crippen LogP contribution in [0, 0.1) is 6.92 Å². The van der Waals surface area contributed by atoms with Crippen molar-refractivity contribution in [1.82, 2.24) is 15.1 Å². The number of hydrogen-bond donors (Lipinski definition) is 1. The number of aromatic nitrogens is 2. The summed E-state index contributed by atoms with van der Waals surface area (Å²) in [5.41, 5.74) is 3.37. The minimum Gasteiger partial charge on any atom is -0.456 e. The van der Waals surface area contributed by atoms with Crippen molar-refractivity contribution in [1.29, 1.82) is 0 Å². The highest BCUT2D eigenvalue weighted by molar-refractivity contribution is 7.90. The van der Waals surface area contributed by atoms with Crippen molar-refractivity contribution >= 4 is 26.7 Å². The lowest BCUT2D eigenvalue weighted by molar-refractivity contribution is 0.0911. The van der Waals surface area contributed by atoms with E-state index in [-0.39, 0.29) is 23.4 Å². The molecule has 5 rings (SSSR count). The summed E-state index contributed by atoms with van der Waals surface area (Å²) in [7, 11) is -3.43. The molecule has 2 aromatic carbocycles. The second-order valence-electron chi connectivity index (χ2n) is 8.68. The van der Waals surface area contributed by atoms with Crippen LogP contribution in [0.25, 0.3) is 22.3 Å². The topological polar surface area (TPSA) is 94.2 Å². The van der Waals surface area contributed by atoms with Crippen LogP contribution in [0.15, 0.2) is 63.9 Å². The molecule has 1 N–H and O–H groups in total. The van der Waals surface area contributed by atoms with E-state index in [4.69, 9.17) is 4.42 Å². The molecular formula is C25H25N3O4S. The fourth-order valence-electron chi connectivity index (χ4n) is 4.03. The molecule has 1 aliphatic rings. The maximum absolute atomic E-state index is 12.5. The number of rotatable bonds is 6. The average Bonchev–Trinajstić information content (AvgIpc) is 3.34. The average molecular weight is 464 g/mol. The molecule has 0 atom stereocenters. The normalized spacial score (nSPS) is 14.4.